The maximum absolute atomic E-state index is 10.9. The van der Waals surface area contributed by atoms with Gasteiger partial charge in [0.1, 0.15) is 11.5 Å². The van der Waals surface area contributed by atoms with Gasteiger partial charge in [0.05, 0.1) is 0 Å². The van der Waals surface area contributed by atoms with E-state index in [0.717, 1.165) is 5.56 Å². The molecule has 0 spiro atoms. The Hall–Kier alpha value is -1.51. The topological polar surface area (TPSA) is 46.5 Å². The summed E-state index contributed by atoms with van der Waals surface area (Å²) in [6, 6.07) is 4.72. The molecular formula is C10H12O3. The summed E-state index contributed by atoms with van der Waals surface area (Å²) >= 11 is 0. The first-order chi connectivity index (χ1) is 6.11. The van der Waals surface area contributed by atoms with Gasteiger partial charge in [-0.15, -0.1) is 0 Å². The van der Waals surface area contributed by atoms with E-state index in [0.29, 0.717) is 12.2 Å². The third-order valence-corrected chi connectivity index (χ3v) is 1.56. The predicted molar refractivity (Wildman–Crippen MR) is 48.8 cm³/mol. The molecule has 0 amide bonds. The quantitative estimate of drug-likeness (QED) is 0.559. The summed E-state index contributed by atoms with van der Waals surface area (Å²) in [6.07, 6.45) is 0.328. The highest BCUT2D eigenvalue weighted by molar-refractivity contribution is 5.72. The van der Waals surface area contributed by atoms with E-state index < -0.39 is 0 Å². The number of carbonyl (C=O) groups is 1. The van der Waals surface area contributed by atoms with Crippen molar-refractivity contribution in [3.05, 3.63) is 23.8 Å². The van der Waals surface area contributed by atoms with Crippen LogP contribution in [-0.4, -0.2) is 11.1 Å². The number of ether oxygens (including phenoxy) is 1. The van der Waals surface area contributed by atoms with E-state index in [4.69, 9.17) is 4.74 Å². The third kappa shape index (κ3) is 2.78. The van der Waals surface area contributed by atoms with Crippen molar-refractivity contribution in [2.24, 2.45) is 0 Å². The van der Waals surface area contributed by atoms with Gasteiger partial charge in [-0.2, -0.15) is 0 Å². The Labute approximate surface area is 77.0 Å². The van der Waals surface area contributed by atoms with E-state index >= 15 is 0 Å². The van der Waals surface area contributed by atoms with Gasteiger partial charge in [0.25, 0.3) is 0 Å². The van der Waals surface area contributed by atoms with E-state index in [1.165, 1.54) is 6.07 Å². The molecule has 0 saturated carbocycles. The summed E-state index contributed by atoms with van der Waals surface area (Å²) in [5.41, 5.74) is 0.860. The molecule has 0 atom stereocenters. The highest BCUT2D eigenvalue weighted by atomic mass is 16.5. The van der Waals surface area contributed by atoms with Gasteiger partial charge in [-0.1, -0.05) is 6.92 Å². The minimum atomic E-state index is -0.301. The van der Waals surface area contributed by atoms with Crippen LogP contribution in [0.25, 0.3) is 0 Å². The van der Waals surface area contributed by atoms with Crippen molar-refractivity contribution in [2.45, 2.75) is 20.3 Å². The molecule has 3 heteroatoms. The molecule has 0 aromatic heterocycles. The Kier molecular flexibility index (Phi) is 2.90. The van der Waals surface area contributed by atoms with Gasteiger partial charge in [-0.25, -0.2) is 0 Å². The predicted octanol–water partition coefficient (Wildman–Crippen LogP) is 2.02. The first-order valence-electron chi connectivity index (χ1n) is 4.13. The lowest BCUT2D eigenvalue weighted by Crippen LogP contribution is -2.05. The van der Waals surface area contributed by atoms with Crippen LogP contribution >= 0.6 is 0 Å². The number of phenols is 1. The van der Waals surface area contributed by atoms with Crippen molar-refractivity contribution < 1.29 is 14.6 Å². The third-order valence-electron chi connectivity index (χ3n) is 1.56. The van der Waals surface area contributed by atoms with Crippen LogP contribution in [-0.2, 0) is 4.79 Å². The largest absolute Gasteiger partial charge is 0.508 e. The monoisotopic (exact) mass is 180 g/mol. The second-order valence-electron chi connectivity index (χ2n) is 2.83. The molecule has 1 N–H and O–H groups in total. The summed E-state index contributed by atoms with van der Waals surface area (Å²) in [4.78, 5) is 10.9. The molecule has 0 fully saturated rings. The molecule has 13 heavy (non-hydrogen) atoms. The Balaban J connectivity index is 2.83. The second-order valence-corrected chi connectivity index (χ2v) is 2.83. The maximum Gasteiger partial charge on any atom is 0.310 e. The van der Waals surface area contributed by atoms with Crippen LogP contribution in [0.3, 0.4) is 0 Å². The van der Waals surface area contributed by atoms with Crippen LogP contribution in [0.4, 0.5) is 0 Å². The van der Waals surface area contributed by atoms with Gasteiger partial charge in [0.15, 0.2) is 0 Å². The first kappa shape index (κ1) is 9.58. The lowest BCUT2D eigenvalue weighted by molar-refractivity contribution is -0.134. The van der Waals surface area contributed by atoms with Crippen molar-refractivity contribution in [3.63, 3.8) is 0 Å². The number of aryl methyl sites for hydroxylation is 1. The Morgan fingerprint density at radius 2 is 2.15 bits per heavy atom. The molecule has 1 rings (SSSR count). The smallest absolute Gasteiger partial charge is 0.310 e. The lowest BCUT2D eigenvalue weighted by Gasteiger charge is -2.03. The number of rotatable bonds is 2. The molecule has 1 aromatic carbocycles. The number of carbonyl (C=O) groups excluding carboxylic acids is 1. The molecule has 1 aromatic rings. The minimum Gasteiger partial charge on any atom is -0.508 e. The van der Waals surface area contributed by atoms with Crippen LogP contribution in [0, 0.1) is 6.92 Å². The Morgan fingerprint density at radius 1 is 1.46 bits per heavy atom. The summed E-state index contributed by atoms with van der Waals surface area (Å²) < 4.78 is 4.93. The van der Waals surface area contributed by atoms with Crippen LogP contribution in [0.2, 0.25) is 0 Å². The highest BCUT2D eigenvalue weighted by Crippen LogP contribution is 2.21. The number of benzene rings is 1. The number of hydrogen-bond acceptors (Lipinski definition) is 3. The zero-order valence-corrected chi connectivity index (χ0v) is 7.70. The van der Waals surface area contributed by atoms with Crippen molar-refractivity contribution in [2.75, 3.05) is 0 Å². The maximum atomic E-state index is 10.9. The van der Waals surface area contributed by atoms with Gasteiger partial charge in [0.2, 0.25) is 0 Å². The fraction of sp³-hybridized carbons (Fsp3) is 0.300. The van der Waals surface area contributed by atoms with Gasteiger partial charge in [0, 0.05) is 12.5 Å². The molecule has 0 bridgehead atoms. The number of hydrogen-bond donors (Lipinski definition) is 1. The van der Waals surface area contributed by atoms with Crippen molar-refractivity contribution in [1.29, 1.82) is 0 Å². The van der Waals surface area contributed by atoms with E-state index in [1.54, 1.807) is 19.1 Å². The molecule has 0 unspecified atom stereocenters. The fourth-order valence-corrected chi connectivity index (χ4v) is 0.991. The summed E-state index contributed by atoms with van der Waals surface area (Å²) in [7, 11) is 0. The lowest BCUT2D eigenvalue weighted by atomic mass is 10.2. The minimum absolute atomic E-state index is 0.110. The van der Waals surface area contributed by atoms with Crippen molar-refractivity contribution >= 4 is 5.97 Å². The van der Waals surface area contributed by atoms with E-state index in [9.17, 15) is 9.90 Å². The van der Waals surface area contributed by atoms with Gasteiger partial charge < -0.3 is 9.84 Å². The van der Waals surface area contributed by atoms with E-state index in [1.807, 2.05) is 6.92 Å². The summed E-state index contributed by atoms with van der Waals surface area (Å²) in [5.74, 6) is 0.202. The second kappa shape index (κ2) is 3.94. The Bertz CT molecular complexity index is 298. The fourth-order valence-electron chi connectivity index (χ4n) is 0.991. The number of aromatic hydroxyl groups is 1. The molecule has 0 heterocycles. The zero-order valence-electron chi connectivity index (χ0n) is 7.70. The summed E-state index contributed by atoms with van der Waals surface area (Å²) in [5, 5.41) is 9.19. The number of phenolic OH excluding ortho intramolecular Hbond substituents is 1. The zero-order chi connectivity index (χ0) is 9.84. The van der Waals surface area contributed by atoms with Crippen LogP contribution in [0.1, 0.15) is 18.9 Å². The van der Waals surface area contributed by atoms with Crippen molar-refractivity contribution in [3.8, 4) is 11.5 Å². The van der Waals surface area contributed by atoms with Crippen LogP contribution < -0.4 is 4.74 Å². The molecule has 0 aliphatic rings. The normalized spacial score (nSPS) is 9.69. The van der Waals surface area contributed by atoms with Gasteiger partial charge in [-0.05, 0) is 24.6 Å². The Morgan fingerprint density at radius 3 is 2.69 bits per heavy atom. The average Bonchev–Trinajstić information content (AvgIpc) is 2.02. The molecule has 0 radical (unpaired) electrons. The molecule has 3 nitrogen and oxygen atoms in total. The summed E-state index contributed by atoms with van der Waals surface area (Å²) in [6.45, 7) is 3.54. The van der Waals surface area contributed by atoms with Crippen molar-refractivity contribution in [1.82, 2.24) is 0 Å². The molecule has 0 aliphatic carbocycles. The molecule has 0 saturated heterocycles. The van der Waals surface area contributed by atoms with Gasteiger partial charge >= 0.3 is 5.97 Å². The van der Waals surface area contributed by atoms with Crippen LogP contribution in [0.5, 0.6) is 11.5 Å². The molecule has 0 aliphatic heterocycles. The highest BCUT2D eigenvalue weighted by Gasteiger charge is 2.02. The SMILES string of the molecule is CCC(=O)Oc1cc(C)cc(O)c1. The average molecular weight is 180 g/mol. The van der Waals surface area contributed by atoms with Crippen LogP contribution in [0.15, 0.2) is 18.2 Å². The van der Waals surface area contributed by atoms with E-state index in [2.05, 4.69) is 0 Å². The molecule has 70 valence electrons. The first-order valence-corrected chi connectivity index (χ1v) is 4.13. The van der Waals surface area contributed by atoms with Gasteiger partial charge in [-0.3, -0.25) is 4.79 Å². The number of esters is 1. The standard InChI is InChI=1S/C10H12O3/c1-3-10(12)13-9-5-7(2)4-8(11)6-9/h4-6,11H,3H2,1-2H3. The van der Waals surface area contributed by atoms with E-state index in [-0.39, 0.29) is 11.7 Å². The molecular weight excluding hydrogens is 168 g/mol.